The maximum absolute atomic E-state index is 11.7. The lowest BCUT2D eigenvalue weighted by Gasteiger charge is -2.16. The Kier molecular flexibility index (Phi) is 2.97. The van der Waals surface area contributed by atoms with Crippen LogP contribution >= 0.6 is 0 Å². The first-order chi connectivity index (χ1) is 9.15. The molecule has 19 heavy (non-hydrogen) atoms. The molecule has 0 spiro atoms. The summed E-state index contributed by atoms with van der Waals surface area (Å²) in [7, 11) is 1.99. The summed E-state index contributed by atoms with van der Waals surface area (Å²) in [5, 5.41) is 3.38. The van der Waals surface area contributed by atoms with Gasteiger partial charge in [0.1, 0.15) is 0 Å². The summed E-state index contributed by atoms with van der Waals surface area (Å²) in [4.78, 5) is 11.7. The zero-order chi connectivity index (χ0) is 13.6. The quantitative estimate of drug-likeness (QED) is 0.919. The predicted octanol–water partition coefficient (Wildman–Crippen LogP) is 2.53. The molecule has 0 bridgehead atoms. The molecule has 0 aliphatic heterocycles. The van der Waals surface area contributed by atoms with E-state index in [1.54, 1.807) is 4.57 Å². The van der Waals surface area contributed by atoms with Crippen molar-refractivity contribution in [1.29, 1.82) is 0 Å². The summed E-state index contributed by atoms with van der Waals surface area (Å²) >= 11 is 0. The molecule has 102 valence electrons. The van der Waals surface area contributed by atoms with Crippen LogP contribution in [0.2, 0.25) is 0 Å². The van der Waals surface area contributed by atoms with Crippen LogP contribution in [0, 0.1) is 11.8 Å². The van der Waals surface area contributed by atoms with Gasteiger partial charge in [-0.2, -0.15) is 0 Å². The normalized spacial score (nSPS) is 23.7. The highest BCUT2D eigenvalue weighted by Gasteiger charge is 2.39. The topological polar surface area (TPSA) is 47.2 Å². The van der Waals surface area contributed by atoms with Gasteiger partial charge in [-0.05, 0) is 49.9 Å². The second-order valence-electron chi connectivity index (χ2n) is 5.48. The van der Waals surface area contributed by atoms with Crippen LogP contribution in [0.5, 0.6) is 0 Å². The molecule has 2 aromatic rings. The molecule has 3 unspecified atom stereocenters. The molecule has 4 nitrogen and oxygen atoms in total. The minimum absolute atomic E-state index is 0.268. The number of aromatic nitrogens is 1. The van der Waals surface area contributed by atoms with E-state index in [-0.39, 0.29) is 5.76 Å². The molecule has 1 fully saturated rings. The minimum Gasteiger partial charge on any atom is -0.408 e. The Morgan fingerprint density at radius 3 is 2.84 bits per heavy atom. The van der Waals surface area contributed by atoms with Crippen molar-refractivity contribution in [2.75, 3.05) is 7.05 Å². The molecule has 1 heterocycles. The molecule has 0 amide bonds. The van der Waals surface area contributed by atoms with Crippen molar-refractivity contribution >= 4 is 11.1 Å². The molecule has 1 aliphatic rings. The molecule has 1 aliphatic carbocycles. The molecular weight excluding hydrogens is 240 g/mol. The van der Waals surface area contributed by atoms with E-state index < -0.39 is 0 Å². The van der Waals surface area contributed by atoms with E-state index in [4.69, 9.17) is 4.42 Å². The molecule has 4 heteroatoms. The van der Waals surface area contributed by atoms with Gasteiger partial charge in [0.15, 0.2) is 5.58 Å². The van der Waals surface area contributed by atoms with Gasteiger partial charge in [-0.3, -0.25) is 4.57 Å². The Morgan fingerprint density at radius 1 is 1.53 bits per heavy atom. The fourth-order valence-corrected chi connectivity index (χ4v) is 3.02. The van der Waals surface area contributed by atoms with E-state index in [1.165, 1.54) is 12.0 Å². The van der Waals surface area contributed by atoms with Crippen LogP contribution in [0.25, 0.3) is 11.1 Å². The molecular formula is C15H20N2O2. The third kappa shape index (κ3) is 2.00. The number of fused-ring (bicyclic) bond motifs is 1. The number of oxazole rings is 1. The first-order valence-electron chi connectivity index (χ1n) is 6.96. The van der Waals surface area contributed by atoms with Gasteiger partial charge in [-0.15, -0.1) is 0 Å². The lowest BCUT2D eigenvalue weighted by Crippen LogP contribution is -2.19. The largest absolute Gasteiger partial charge is 0.419 e. The first-order valence-corrected chi connectivity index (χ1v) is 6.96. The summed E-state index contributed by atoms with van der Waals surface area (Å²) in [6, 6.07) is 6.47. The van der Waals surface area contributed by atoms with E-state index in [0.717, 1.165) is 11.4 Å². The van der Waals surface area contributed by atoms with E-state index in [2.05, 4.69) is 18.3 Å². The number of benzene rings is 1. The average Bonchev–Trinajstić information content (AvgIpc) is 3.01. The van der Waals surface area contributed by atoms with Crippen molar-refractivity contribution in [1.82, 2.24) is 9.88 Å². The van der Waals surface area contributed by atoms with Gasteiger partial charge in [-0.1, -0.05) is 13.0 Å². The molecule has 1 aromatic heterocycles. The molecule has 1 N–H and O–H groups in total. The van der Waals surface area contributed by atoms with Gasteiger partial charge in [-0.25, -0.2) is 4.79 Å². The summed E-state index contributed by atoms with van der Waals surface area (Å²) in [6.07, 6.45) is 1.27. The molecule has 3 rings (SSSR count). The monoisotopic (exact) mass is 260 g/mol. The zero-order valence-corrected chi connectivity index (χ0v) is 11.6. The van der Waals surface area contributed by atoms with E-state index >= 15 is 0 Å². The molecule has 1 aromatic carbocycles. The van der Waals surface area contributed by atoms with Crippen molar-refractivity contribution in [3.05, 3.63) is 34.3 Å². The minimum atomic E-state index is -0.268. The van der Waals surface area contributed by atoms with Gasteiger partial charge < -0.3 is 9.73 Å². The summed E-state index contributed by atoms with van der Waals surface area (Å²) in [5.74, 6) is 1.21. The fraction of sp³-hybridized carbons (Fsp3) is 0.533. The number of rotatable bonds is 4. The lowest BCUT2D eigenvalue weighted by molar-refractivity contribution is 0.499. The van der Waals surface area contributed by atoms with Crippen molar-refractivity contribution in [2.45, 2.75) is 32.9 Å². The van der Waals surface area contributed by atoms with E-state index in [0.29, 0.717) is 24.1 Å². The standard InChI is InChI=1S/C15H20N2O2/c1-4-17-12-6-5-10(8-13(12)19-15(17)18)14(16-3)11-7-9(11)2/h5-6,8-9,11,14,16H,4,7H2,1-3H3. The number of hydrogen-bond acceptors (Lipinski definition) is 3. The zero-order valence-electron chi connectivity index (χ0n) is 11.6. The lowest BCUT2D eigenvalue weighted by atomic mass is 10.0. The van der Waals surface area contributed by atoms with Crippen molar-refractivity contribution in [3.8, 4) is 0 Å². The van der Waals surface area contributed by atoms with Crippen LogP contribution in [-0.2, 0) is 6.54 Å². The summed E-state index contributed by atoms with van der Waals surface area (Å²) in [5.41, 5.74) is 2.79. The van der Waals surface area contributed by atoms with Crippen molar-refractivity contribution < 1.29 is 4.42 Å². The number of nitrogens with one attached hydrogen (secondary N) is 1. The molecule has 1 saturated carbocycles. The van der Waals surface area contributed by atoms with E-state index in [9.17, 15) is 4.79 Å². The number of nitrogens with zero attached hydrogens (tertiary/aromatic N) is 1. The maximum Gasteiger partial charge on any atom is 0.419 e. The highest BCUT2D eigenvalue weighted by atomic mass is 16.4. The van der Waals surface area contributed by atoms with E-state index in [1.807, 2.05) is 26.1 Å². The third-order valence-corrected chi connectivity index (χ3v) is 4.28. The van der Waals surface area contributed by atoms with Crippen LogP contribution in [0.15, 0.2) is 27.4 Å². The third-order valence-electron chi connectivity index (χ3n) is 4.28. The number of aryl methyl sites for hydroxylation is 1. The van der Waals surface area contributed by atoms with Crippen molar-refractivity contribution in [2.24, 2.45) is 11.8 Å². The average molecular weight is 260 g/mol. The second kappa shape index (κ2) is 4.53. The predicted molar refractivity (Wildman–Crippen MR) is 75.2 cm³/mol. The Balaban J connectivity index is 2.04. The Labute approximate surface area is 112 Å². The fourth-order valence-electron chi connectivity index (χ4n) is 3.02. The highest BCUT2D eigenvalue weighted by Crippen LogP contribution is 2.47. The van der Waals surface area contributed by atoms with Crippen LogP contribution < -0.4 is 11.1 Å². The molecule has 3 atom stereocenters. The molecule has 0 radical (unpaired) electrons. The highest BCUT2D eigenvalue weighted by molar-refractivity contribution is 5.74. The van der Waals surface area contributed by atoms with Crippen LogP contribution in [0.4, 0.5) is 0 Å². The van der Waals surface area contributed by atoms with Gasteiger partial charge >= 0.3 is 5.76 Å². The Bertz CT molecular complexity index is 656. The number of hydrogen-bond donors (Lipinski definition) is 1. The van der Waals surface area contributed by atoms with Gasteiger partial charge in [0.05, 0.1) is 5.52 Å². The summed E-state index contributed by atoms with van der Waals surface area (Å²) < 4.78 is 6.99. The second-order valence-corrected chi connectivity index (χ2v) is 5.48. The van der Waals surface area contributed by atoms with Crippen LogP contribution in [0.3, 0.4) is 0 Å². The van der Waals surface area contributed by atoms with Gasteiger partial charge in [0.2, 0.25) is 0 Å². The van der Waals surface area contributed by atoms with Crippen molar-refractivity contribution in [3.63, 3.8) is 0 Å². The Hall–Kier alpha value is -1.55. The summed E-state index contributed by atoms with van der Waals surface area (Å²) in [6.45, 7) is 4.87. The smallest absolute Gasteiger partial charge is 0.408 e. The van der Waals surface area contributed by atoms with Gasteiger partial charge in [0.25, 0.3) is 0 Å². The Morgan fingerprint density at radius 2 is 2.26 bits per heavy atom. The maximum atomic E-state index is 11.7. The van der Waals surface area contributed by atoms with Gasteiger partial charge in [0, 0.05) is 12.6 Å². The van der Waals surface area contributed by atoms with Crippen LogP contribution in [-0.4, -0.2) is 11.6 Å². The van der Waals surface area contributed by atoms with Crippen LogP contribution in [0.1, 0.15) is 31.9 Å². The molecule has 0 saturated heterocycles. The SMILES string of the molecule is CCn1c(=O)oc2cc(C(NC)C3CC3C)ccc21. The first kappa shape index (κ1) is 12.5.